The molecule has 1 unspecified atom stereocenters. The molecule has 0 aromatic carbocycles. The average Bonchev–Trinajstić information content (AvgIpc) is 2.92. The van der Waals surface area contributed by atoms with E-state index in [2.05, 4.69) is 5.16 Å². The predicted molar refractivity (Wildman–Crippen MR) is 72.8 cm³/mol. The Morgan fingerprint density at radius 3 is 2.86 bits per heavy atom. The van der Waals surface area contributed by atoms with Crippen molar-refractivity contribution in [1.82, 2.24) is 10.1 Å². The first-order valence-corrected chi connectivity index (χ1v) is 6.93. The van der Waals surface area contributed by atoms with E-state index in [1.165, 1.54) is 6.20 Å². The second kappa shape index (κ2) is 5.75. The van der Waals surface area contributed by atoms with E-state index in [1.54, 1.807) is 25.7 Å². The van der Waals surface area contributed by atoms with E-state index in [9.17, 15) is 9.59 Å². The van der Waals surface area contributed by atoms with Gasteiger partial charge in [0.15, 0.2) is 5.76 Å². The number of carboxylic acids is 1. The summed E-state index contributed by atoms with van der Waals surface area (Å²) >= 11 is 0. The zero-order chi connectivity index (χ0) is 15.6. The summed E-state index contributed by atoms with van der Waals surface area (Å²) < 4.78 is 10.6. The van der Waals surface area contributed by atoms with Gasteiger partial charge in [0.25, 0.3) is 0 Å². The molecule has 7 heteroatoms. The van der Waals surface area contributed by atoms with Crippen LogP contribution >= 0.6 is 0 Å². The summed E-state index contributed by atoms with van der Waals surface area (Å²) in [6, 6.07) is -0.309. The van der Waals surface area contributed by atoms with Crippen LogP contribution in [0.3, 0.4) is 0 Å². The first-order valence-electron chi connectivity index (χ1n) is 6.93. The van der Waals surface area contributed by atoms with Crippen LogP contribution in [0.25, 0.3) is 0 Å². The number of rotatable bonds is 3. The molecule has 1 saturated heterocycles. The largest absolute Gasteiger partial charge is 0.481 e. The van der Waals surface area contributed by atoms with Crippen LogP contribution in [0.2, 0.25) is 0 Å². The third kappa shape index (κ3) is 3.74. The lowest BCUT2D eigenvalue weighted by atomic mass is 10.1. The Morgan fingerprint density at radius 1 is 1.52 bits per heavy atom. The molecule has 0 saturated carbocycles. The second-order valence-electron chi connectivity index (χ2n) is 6.12. The molecule has 1 aromatic heterocycles. The average molecular weight is 296 g/mol. The third-order valence-electron chi connectivity index (χ3n) is 3.20. The van der Waals surface area contributed by atoms with Crippen molar-refractivity contribution in [2.45, 2.75) is 51.7 Å². The lowest BCUT2D eigenvalue weighted by molar-refractivity contribution is -0.136. The van der Waals surface area contributed by atoms with Gasteiger partial charge in [-0.25, -0.2) is 4.79 Å². The van der Waals surface area contributed by atoms with E-state index in [-0.39, 0.29) is 12.5 Å². The van der Waals surface area contributed by atoms with Gasteiger partial charge in [-0.1, -0.05) is 5.16 Å². The van der Waals surface area contributed by atoms with Crippen LogP contribution in [0.4, 0.5) is 4.79 Å². The summed E-state index contributed by atoms with van der Waals surface area (Å²) in [5, 5.41) is 12.6. The molecular weight excluding hydrogens is 276 g/mol. The lowest BCUT2D eigenvalue weighted by Gasteiger charge is -2.27. The van der Waals surface area contributed by atoms with Crippen molar-refractivity contribution in [2.75, 3.05) is 6.54 Å². The fourth-order valence-electron chi connectivity index (χ4n) is 2.42. The molecule has 1 amide bonds. The van der Waals surface area contributed by atoms with Gasteiger partial charge in [-0.3, -0.25) is 9.69 Å². The minimum atomic E-state index is -0.957. The van der Waals surface area contributed by atoms with Crippen molar-refractivity contribution in [3.8, 4) is 0 Å². The Balaban J connectivity index is 2.17. The summed E-state index contributed by atoms with van der Waals surface area (Å²) in [5.74, 6) is -0.512. The summed E-state index contributed by atoms with van der Waals surface area (Å²) in [5.41, 5.74) is -0.0711. The molecule has 0 bridgehead atoms. The minimum Gasteiger partial charge on any atom is -0.481 e. The maximum absolute atomic E-state index is 12.2. The Bertz CT molecular complexity index is 532. The number of likely N-dealkylation sites (tertiary alicyclic amines) is 1. The summed E-state index contributed by atoms with van der Waals surface area (Å²) in [4.78, 5) is 24.7. The molecule has 0 spiro atoms. The van der Waals surface area contributed by atoms with Gasteiger partial charge >= 0.3 is 12.1 Å². The number of amides is 1. The molecule has 0 aliphatic carbocycles. The van der Waals surface area contributed by atoms with Gasteiger partial charge in [0.05, 0.1) is 18.7 Å². The van der Waals surface area contributed by atoms with Gasteiger partial charge in [0.2, 0.25) is 0 Å². The highest BCUT2D eigenvalue weighted by Gasteiger charge is 2.36. The topological polar surface area (TPSA) is 92.9 Å². The van der Waals surface area contributed by atoms with E-state index >= 15 is 0 Å². The molecule has 2 heterocycles. The van der Waals surface area contributed by atoms with Crippen molar-refractivity contribution >= 4 is 12.1 Å². The zero-order valence-corrected chi connectivity index (χ0v) is 12.5. The van der Waals surface area contributed by atoms with E-state index in [0.29, 0.717) is 24.3 Å². The molecule has 1 aromatic rings. The Hall–Kier alpha value is -2.05. The normalized spacial score (nSPS) is 18.8. The maximum Gasteiger partial charge on any atom is 0.410 e. The zero-order valence-electron chi connectivity index (χ0n) is 12.5. The highest BCUT2D eigenvalue weighted by Crippen LogP contribution is 2.35. The van der Waals surface area contributed by atoms with Gasteiger partial charge < -0.3 is 14.4 Å². The van der Waals surface area contributed by atoms with E-state index in [1.807, 2.05) is 0 Å². The fraction of sp³-hybridized carbons (Fsp3) is 0.643. The number of aliphatic carboxylic acids is 1. The van der Waals surface area contributed by atoms with Crippen molar-refractivity contribution in [3.05, 3.63) is 17.5 Å². The van der Waals surface area contributed by atoms with E-state index in [0.717, 1.165) is 6.42 Å². The highest BCUT2D eigenvalue weighted by atomic mass is 16.6. The van der Waals surface area contributed by atoms with Gasteiger partial charge in [0, 0.05) is 12.1 Å². The molecule has 1 atom stereocenters. The standard InChI is InChI=1S/C14H20N2O5/c1-14(2,3)20-13(19)16-6-4-5-10(16)12-9(7-11(17)18)8-15-21-12/h8,10H,4-7H2,1-3H3,(H,17,18). The maximum atomic E-state index is 12.2. The van der Waals surface area contributed by atoms with Crippen LogP contribution in [0.5, 0.6) is 0 Å². The molecule has 1 N–H and O–H groups in total. The lowest BCUT2D eigenvalue weighted by Crippen LogP contribution is -2.36. The number of hydrogen-bond donors (Lipinski definition) is 1. The molecular formula is C14H20N2O5. The van der Waals surface area contributed by atoms with Gasteiger partial charge in [-0.05, 0) is 33.6 Å². The molecule has 21 heavy (non-hydrogen) atoms. The minimum absolute atomic E-state index is 0.169. The van der Waals surface area contributed by atoms with Crippen molar-refractivity contribution < 1.29 is 24.0 Å². The number of ether oxygens (including phenoxy) is 1. The monoisotopic (exact) mass is 296 g/mol. The third-order valence-corrected chi connectivity index (χ3v) is 3.20. The van der Waals surface area contributed by atoms with E-state index in [4.69, 9.17) is 14.4 Å². The van der Waals surface area contributed by atoms with Crippen molar-refractivity contribution in [2.24, 2.45) is 0 Å². The molecule has 116 valence electrons. The van der Waals surface area contributed by atoms with Crippen LogP contribution in [-0.4, -0.2) is 39.4 Å². The SMILES string of the molecule is CC(C)(C)OC(=O)N1CCCC1c1oncc1CC(=O)O. The summed E-state index contributed by atoms with van der Waals surface area (Å²) in [7, 11) is 0. The number of nitrogens with zero attached hydrogens (tertiary/aromatic N) is 2. The second-order valence-corrected chi connectivity index (χ2v) is 6.12. The Labute approximate surface area is 122 Å². The molecule has 7 nitrogen and oxygen atoms in total. The molecule has 1 aliphatic rings. The molecule has 1 fully saturated rings. The van der Waals surface area contributed by atoms with Gasteiger partial charge in [-0.2, -0.15) is 0 Å². The predicted octanol–water partition coefficient (Wildman–Crippen LogP) is 2.37. The number of carbonyl (C=O) groups is 2. The van der Waals surface area contributed by atoms with Crippen molar-refractivity contribution in [1.29, 1.82) is 0 Å². The van der Waals surface area contributed by atoms with Crippen LogP contribution in [0, 0.1) is 0 Å². The fourth-order valence-corrected chi connectivity index (χ4v) is 2.42. The van der Waals surface area contributed by atoms with E-state index < -0.39 is 17.7 Å². The smallest absolute Gasteiger partial charge is 0.410 e. The van der Waals surface area contributed by atoms with Gasteiger partial charge in [0.1, 0.15) is 5.60 Å². The number of aromatic nitrogens is 1. The summed E-state index contributed by atoms with van der Waals surface area (Å²) in [6.07, 6.45) is 2.34. The molecule has 0 radical (unpaired) electrons. The van der Waals surface area contributed by atoms with Crippen molar-refractivity contribution in [3.63, 3.8) is 0 Å². The Morgan fingerprint density at radius 2 is 2.24 bits per heavy atom. The Kier molecular flexibility index (Phi) is 4.20. The molecule has 2 rings (SSSR count). The number of carboxylic acid groups (broad SMARTS) is 1. The highest BCUT2D eigenvalue weighted by molar-refractivity contribution is 5.71. The van der Waals surface area contributed by atoms with Crippen LogP contribution in [0.15, 0.2) is 10.7 Å². The quantitative estimate of drug-likeness (QED) is 0.920. The van der Waals surface area contributed by atoms with Crippen LogP contribution in [-0.2, 0) is 16.0 Å². The van der Waals surface area contributed by atoms with Crippen LogP contribution in [0.1, 0.15) is 51.0 Å². The number of hydrogen-bond acceptors (Lipinski definition) is 5. The van der Waals surface area contributed by atoms with Crippen LogP contribution < -0.4 is 0 Å². The van der Waals surface area contributed by atoms with Gasteiger partial charge in [-0.15, -0.1) is 0 Å². The summed E-state index contributed by atoms with van der Waals surface area (Å²) in [6.45, 7) is 5.98. The molecule has 1 aliphatic heterocycles. The first-order chi connectivity index (χ1) is 9.78. The first kappa shape index (κ1) is 15.3. The number of carbonyl (C=O) groups excluding carboxylic acids is 1.